The quantitative estimate of drug-likeness (QED) is 0.289. The van der Waals surface area contributed by atoms with Gasteiger partial charge in [0.1, 0.15) is 0 Å². The maximum atomic E-state index is 6.53. The van der Waals surface area contributed by atoms with Gasteiger partial charge in [0.25, 0.3) is 0 Å². The highest BCUT2D eigenvalue weighted by atomic mass is 35.5. The summed E-state index contributed by atoms with van der Waals surface area (Å²) in [4.78, 5) is 0. The van der Waals surface area contributed by atoms with E-state index < -0.39 is 0 Å². The van der Waals surface area contributed by atoms with Gasteiger partial charge in [-0.1, -0.05) is 84.2 Å². The Labute approximate surface area is 188 Å². The third kappa shape index (κ3) is 2.32. The fraction of sp³-hybridized carbons (Fsp3) is 0.267. The first kappa shape index (κ1) is 18.0. The highest BCUT2D eigenvalue weighted by molar-refractivity contribution is 6.36. The van der Waals surface area contributed by atoms with Crippen molar-refractivity contribution in [1.29, 1.82) is 0 Å². The van der Waals surface area contributed by atoms with E-state index in [-0.39, 0.29) is 5.41 Å². The Morgan fingerprint density at radius 2 is 1.52 bits per heavy atom. The van der Waals surface area contributed by atoms with E-state index in [9.17, 15) is 0 Å². The molecular weight excluding hydrogens is 396 g/mol. The van der Waals surface area contributed by atoms with Crippen molar-refractivity contribution in [2.45, 2.75) is 38.0 Å². The van der Waals surface area contributed by atoms with Crippen LogP contribution in [0.15, 0.2) is 72.8 Å². The largest absolute Gasteiger partial charge is 0.0837 e. The molecule has 0 saturated heterocycles. The van der Waals surface area contributed by atoms with Crippen LogP contribution in [0.25, 0.3) is 33.0 Å². The Bertz CT molecular complexity index is 1380. The fourth-order valence-electron chi connectivity index (χ4n) is 7.23. The van der Waals surface area contributed by atoms with Crippen molar-refractivity contribution in [2.24, 2.45) is 11.8 Å². The van der Waals surface area contributed by atoms with Gasteiger partial charge in [-0.25, -0.2) is 0 Å². The predicted molar refractivity (Wildman–Crippen MR) is 131 cm³/mol. The number of aryl methyl sites for hydroxylation is 1. The zero-order valence-electron chi connectivity index (χ0n) is 17.8. The molecule has 4 aromatic rings. The number of halogens is 1. The Morgan fingerprint density at radius 3 is 2.29 bits per heavy atom. The van der Waals surface area contributed by atoms with Crippen molar-refractivity contribution in [3.05, 3.63) is 94.5 Å². The van der Waals surface area contributed by atoms with Crippen molar-refractivity contribution in [3.8, 4) is 22.3 Å². The summed E-state index contributed by atoms with van der Waals surface area (Å²) < 4.78 is 0. The van der Waals surface area contributed by atoms with E-state index in [4.69, 9.17) is 11.6 Å². The average molecular weight is 421 g/mol. The maximum Gasteiger partial charge on any atom is 0.0484 e. The van der Waals surface area contributed by atoms with Gasteiger partial charge >= 0.3 is 0 Å². The van der Waals surface area contributed by atoms with Gasteiger partial charge in [0.15, 0.2) is 0 Å². The zero-order valence-corrected chi connectivity index (χ0v) is 18.5. The second-order valence-electron chi connectivity index (χ2n) is 10.0. The Balaban J connectivity index is 1.49. The fourth-order valence-corrected chi connectivity index (χ4v) is 7.45. The summed E-state index contributed by atoms with van der Waals surface area (Å²) in [6.45, 7) is 2.25. The molecule has 2 fully saturated rings. The average Bonchev–Trinajstić information content (AvgIpc) is 3.48. The molecule has 1 spiro atoms. The molecule has 0 radical (unpaired) electrons. The molecule has 0 heterocycles. The van der Waals surface area contributed by atoms with Gasteiger partial charge in [-0.05, 0) is 88.9 Å². The molecule has 31 heavy (non-hydrogen) atoms. The minimum absolute atomic E-state index is 0.220. The molecule has 0 aromatic heterocycles. The van der Waals surface area contributed by atoms with E-state index in [2.05, 4.69) is 79.7 Å². The molecule has 7 rings (SSSR count). The van der Waals surface area contributed by atoms with Crippen LogP contribution in [-0.4, -0.2) is 0 Å². The molecular formula is C30H25Cl. The normalized spacial score (nSPS) is 25.4. The van der Waals surface area contributed by atoms with E-state index in [0.29, 0.717) is 0 Å². The first-order valence-electron chi connectivity index (χ1n) is 11.6. The summed E-state index contributed by atoms with van der Waals surface area (Å²) in [5, 5.41) is 3.20. The van der Waals surface area contributed by atoms with Gasteiger partial charge < -0.3 is 0 Å². The molecule has 3 aliphatic rings. The van der Waals surface area contributed by atoms with E-state index >= 15 is 0 Å². The molecule has 3 aliphatic carbocycles. The predicted octanol–water partition coefficient (Wildman–Crippen LogP) is 8.56. The Kier molecular flexibility index (Phi) is 3.63. The van der Waals surface area contributed by atoms with Gasteiger partial charge in [-0.3, -0.25) is 0 Å². The highest BCUT2D eigenvalue weighted by Crippen LogP contribution is 2.66. The van der Waals surface area contributed by atoms with Crippen molar-refractivity contribution in [3.63, 3.8) is 0 Å². The lowest BCUT2D eigenvalue weighted by molar-refractivity contribution is 0.327. The number of rotatable bonds is 1. The summed E-state index contributed by atoms with van der Waals surface area (Å²) >= 11 is 6.53. The molecule has 152 valence electrons. The maximum absolute atomic E-state index is 6.53. The van der Waals surface area contributed by atoms with Crippen LogP contribution in [0.1, 0.15) is 42.4 Å². The van der Waals surface area contributed by atoms with Crippen LogP contribution < -0.4 is 0 Å². The summed E-state index contributed by atoms with van der Waals surface area (Å²) in [5.41, 5.74) is 10.3. The Hall–Kier alpha value is -2.57. The van der Waals surface area contributed by atoms with Gasteiger partial charge in [-0.2, -0.15) is 0 Å². The first-order valence-corrected chi connectivity index (χ1v) is 12.0. The molecule has 2 bridgehead atoms. The Morgan fingerprint density at radius 1 is 0.774 bits per heavy atom. The van der Waals surface area contributed by atoms with Crippen LogP contribution in [0.4, 0.5) is 0 Å². The lowest BCUT2D eigenvalue weighted by Crippen LogP contribution is -2.31. The number of hydrogen-bond donors (Lipinski definition) is 0. The molecule has 0 nitrogen and oxygen atoms in total. The van der Waals surface area contributed by atoms with Gasteiger partial charge in [0.2, 0.25) is 0 Å². The number of benzene rings is 4. The lowest BCUT2D eigenvalue weighted by Gasteiger charge is -2.37. The molecule has 0 amide bonds. The van der Waals surface area contributed by atoms with Crippen LogP contribution in [0.2, 0.25) is 5.02 Å². The second-order valence-corrected chi connectivity index (χ2v) is 10.4. The third-order valence-corrected chi connectivity index (χ3v) is 8.81. The van der Waals surface area contributed by atoms with Crippen molar-refractivity contribution < 1.29 is 0 Å². The number of hydrogen-bond acceptors (Lipinski definition) is 0. The molecule has 1 heteroatoms. The van der Waals surface area contributed by atoms with E-state index in [1.165, 1.54) is 58.9 Å². The number of fused-ring (bicyclic) bond motifs is 9. The first-order chi connectivity index (χ1) is 15.1. The summed E-state index contributed by atoms with van der Waals surface area (Å²) in [6.07, 6.45) is 5.53. The zero-order chi connectivity index (χ0) is 20.7. The van der Waals surface area contributed by atoms with Gasteiger partial charge in [-0.15, -0.1) is 0 Å². The van der Waals surface area contributed by atoms with E-state index in [0.717, 1.165) is 22.2 Å². The van der Waals surface area contributed by atoms with Crippen LogP contribution in [-0.2, 0) is 5.41 Å². The summed E-state index contributed by atoms with van der Waals surface area (Å²) in [5.74, 6) is 1.68. The minimum Gasteiger partial charge on any atom is -0.0837 e. The second kappa shape index (κ2) is 6.24. The standard InChI is InChI=1S/C30H25Cl/c1-18-6-10-24-25-11-8-20(22-12-13-29(31)26-5-3-2-4-23(22)26)16-28(25)30(27(24)14-18)17-19-7-9-21(30)15-19/h2-6,8,10-14,16,19,21H,7,9,15,17H2,1H3. The summed E-state index contributed by atoms with van der Waals surface area (Å²) in [6, 6.07) is 27.2. The molecule has 4 aromatic carbocycles. The topological polar surface area (TPSA) is 0 Å². The van der Waals surface area contributed by atoms with E-state index in [1.54, 1.807) is 11.1 Å². The molecule has 2 saturated carbocycles. The van der Waals surface area contributed by atoms with Crippen molar-refractivity contribution >= 4 is 22.4 Å². The van der Waals surface area contributed by atoms with Gasteiger partial charge in [0, 0.05) is 15.8 Å². The lowest BCUT2D eigenvalue weighted by atomic mass is 9.66. The van der Waals surface area contributed by atoms with Crippen molar-refractivity contribution in [2.75, 3.05) is 0 Å². The minimum atomic E-state index is 0.220. The van der Waals surface area contributed by atoms with Crippen LogP contribution >= 0.6 is 11.6 Å². The monoisotopic (exact) mass is 420 g/mol. The van der Waals surface area contributed by atoms with Crippen LogP contribution in [0.3, 0.4) is 0 Å². The highest BCUT2D eigenvalue weighted by Gasteiger charge is 2.56. The SMILES string of the molecule is Cc1ccc2c(c1)C1(CC3CCC1C3)c1cc(-c3ccc(Cl)c4ccccc34)ccc1-2. The molecule has 3 unspecified atom stereocenters. The molecule has 3 atom stereocenters. The van der Waals surface area contributed by atoms with Gasteiger partial charge in [0.05, 0.1) is 0 Å². The molecule has 0 N–H and O–H groups in total. The van der Waals surface area contributed by atoms with Crippen LogP contribution in [0.5, 0.6) is 0 Å². The third-order valence-electron chi connectivity index (χ3n) is 8.48. The van der Waals surface area contributed by atoms with Crippen molar-refractivity contribution in [1.82, 2.24) is 0 Å². The van der Waals surface area contributed by atoms with E-state index in [1.807, 2.05) is 0 Å². The smallest absolute Gasteiger partial charge is 0.0484 e. The molecule has 0 aliphatic heterocycles. The van der Waals surface area contributed by atoms with Crippen LogP contribution in [0, 0.1) is 18.8 Å². The summed E-state index contributed by atoms with van der Waals surface area (Å²) in [7, 11) is 0.